The van der Waals surface area contributed by atoms with Crippen LogP contribution >= 0.6 is 0 Å². The Kier molecular flexibility index (Phi) is 7.97. The van der Waals surface area contributed by atoms with Crippen molar-refractivity contribution in [1.82, 2.24) is 4.98 Å². The number of fused-ring (bicyclic) bond motifs is 1. The van der Waals surface area contributed by atoms with E-state index >= 15 is 0 Å². The normalized spacial score (nSPS) is 11.6. The number of benzene rings is 3. The molecule has 36 heavy (non-hydrogen) atoms. The quantitative estimate of drug-likeness (QED) is 0.284. The summed E-state index contributed by atoms with van der Waals surface area (Å²) < 4.78 is 17.3. The lowest BCUT2D eigenvalue weighted by molar-refractivity contribution is -0.146. The predicted octanol–water partition coefficient (Wildman–Crippen LogP) is 5.09. The van der Waals surface area contributed by atoms with Crippen LogP contribution in [0.1, 0.15) is 24.0 Å². The molecule has 0 bridgehead atoms. The number of carboxylic acid groups (broad SMARTS) is 2. The molecular formula is C28H25NO7. The fraction of sp³-hybridized carbons (Fsp3) is 0.179. The minimum atomic E-state index is -1.24. The summed E-state index contributed by atoms with van der Waals surface area (Å²) in [6, 6.07) is 26.0. The predicted molar refractivity (Wildman–Crippen MR) is 132 cm³/mol. The molecule has 0 spiro atoms. The topological polar surface area (TPSA) is 115 Å². The van der Waals surface area contributed by atoms with E-state index in [2.05, 4.69) is 4.98 Å². The number of hydrogen-bond donors (Lipinski definition) is 2. The van der Waals surface area contributed by atoms with Gasteiger partial charge in [-0.05, 0) is 47.5 Å². The molecule has 0 aliphatic carbocycles. The monoisotopic (exact) mass is 487 g/mol. The van der Waals surface area contributed by atoms with Gasteiger partial charge in [-0.3, -0.25) is 4.79 Å². The van der Waals surface area contributed by atoms with E-state index in [9.17, 15) is 14.7 Å². The van der Waals surface area contributed by atoms with Crippen molar-refractivity contribution in [2.45, 2.75) is 32.2 Å². The third-order valence-electron chi connectivity index (χ3n) is 5.34. The first-order valence-corrected chi connectivity index (χ1v) is 11.4. The average Bonchev–Trinajstić information content (AvgIpc) is 2.89. The highest BCUT2D eigenvalue weighted by atomic mass is 16.5. The van der Waals surface area contributed by atoms with Gasteiger partial charge in [0.15, 0.2) is 6.10 Å². The number of para-hydroxylation sites is 1. The second kappa shape index (κ2) is 11.7. The molecule has 0 aliphatic rings. The van der Waals surface area contributed by atoms with Gasteiger partial charge in [0, 0.05) is 24.3 Å². The lowest BCUT2D eigenvalue weighted by Gasteiger charge is -2.15. The van der Waals surface area contributed by atoms with Crippen molar-refractivity contribution in [3.63, 3.8) is 0 Å². The highest BCUT2D eigenvalue weighted by molar-refractivity contribution is 5.78. The summed E-state index contributed by atoms with van der Waals surface area (Å²) in [5.74, 6) is -0.762. The molecule has 0 fully saturated rings. The molecule has 0 saturated carbocycles. The van der Waals surface area contributed by atoms with Crippen LogP contribution in [0.3, 0.4) is 0 Å². The molecule has 8 nitrogen and oxygen atoms in total. The van der Waals surface area contributed by atoms with Gasteiger partial charge in [-0.2, -0.15) is 0 Å². The number of ether oxygens (including phenoxy) is 3. The van der Waals surface area contributed by atoms with Gasteiger partial charge in [0.05, 0.1) is 5.52 Å². The van der Waals surface area contributed by atoms with Crippen LogP contribution in [0.25, 0.3) is 10.9 Å². The number of aliphatic carboxylic acids is 2. The lowest BCUT2D eigenvalue weighted by atomic mass is 10.2. The van der Waals surface area contributed by atoms with E-state index < -0.39 is 18.0 Å². The Labute approximate surface area is 207 Å². The van der Waals surface area contributed by atoms with Crippen LogP contribution in [0.2, 0.25) is 0 Å². The zero-order valence-electron chi connectivity index (χ0n) is 19.4. The second-order valence-electron chi connectivity index (χ2n) is 8.09. The standard InChI is InChI=1S/C28H25NO7/c30-27(31)14-12-25(28(32)33)36-23-9-4-6-20(16-23)17-34-22-8-3-5-19(15-22)18-35-26-13-11-21-7-1-2-10-24(21)29-26/h1-11,13,15-16,25H,12,14,17-18H2,(H,30,31)(H,32,33). The fourth-order valence-electron chi connectivity index (χ4n) is 3.54. The lowest BCUT2D eigenvalue weighted by Crippen LogP contribution is -2.27. The molecule has 3 aromatic carbocycles. The summed E-state index contributed by atoms with van der Waals surface area (Å²) in [5, 5.41) is 19.2. The smallest absolute Gasteiger partial charge is 0.344 e. The largest absolute Gasteiger partial charge is 0.489 e. The maximum Gasteiger partial charge on any atom is 0.344 e. The van der Waals surface area contributed by atoms with Crippen LogP contribution in [0.5, 0.6) is 17.4 Å². The number of carboxylic acids is 2. The first-order valence-electron chi connectivity index (χ1n) is 11.4. The minimum absolute atomic E-state index is 0.130. The van der Waals surface area contributed by atoms with Crippen molar-refractivity contribution >= 4 is 22.8 Å². The highest BCUT2D eigenvalue weighted by Crippen LogP contribution is 2.21. The van der Waals surface area contributed by atoms with Crippen molar-refractivity contribution in [1.29, 1.82) is 0 Å². The van der Waals surface area contributed by atoms with E-state index in [0.29, 0.717) is 24.0 Å². The molecule has 4 rings (SSSR count). The van der Waals surface area contributed by atoms with Gasteiger partial charge in [-0.15, -0.1) is 0 Å². The number of carbonyl (C=O) groups is 2. The van der Waals surface area contributed by atoms with Crippen LogP contribution in [0.15, 0.2) is 84.9 Å². The first-order chi connectivity index (χ1) is 17.5. The minimum Gasteiger partial charge on any atom is -0.489 e. The summed E-state index contributed by atoms with van der Waals surface area (Å²) in [4.78, 5) is 26.7. The van der Waals surface area contributed by atoms with E-state index in [-0.39, 0.29) is 19.4 Å². The summed E-state index contributed by atoms with van der Waals surface area (Å²) in [6.45, 7) is 0.569. The Bertz CT molecular complexity index is 1350. The maximum atomic E-state index is 11.4. The zero-order valence-corrected chi connectivity index (χ0v) is 19.4. The van der Waals surface area contributed by atoms with Gasteiger partial charge >= 0.3 is 11.9 Å². The summed E-state index contributed by atoms with van der Waals surface area (Å²) in [7, 11) is 0. The molecule has 1 unspecified atom stereocenters. The van der Waals surface area contributed by atoms with Crippen LogP contribution < -0.4 is 14.2 Å². The van der Waals surface area contributed by atoms with Gasteiger partial charge < -0.3 is 24.4 Å². The summed E-state index contributed by atoms with van der Waals surface area (Å²) in [5.41, 5.74) is 2.56. The molecule has 8 heteroatoms. The molecular weight excluding hydrogens is 462 g/mol. The molecule has 4 aromatic rings. The third kappa shape index (κ3) is 6.96. The van der Waals surface area contributed by atoms with Crippen molar-refractivity contribution in [2.75, 3.05) is 0 Å². The molecule has 0 amide bonds. The first kappa shape index (κ1) is 24.5. The van der Waals surface area contributed by atoms with Gasteiger partial charge in [0.1, 0.15) is 24.7 Å². The van der Waals surface area contributed by atoms with Gasteiger partial charge in [0.25, 0.3) is 0 Å². The second-order valence-corrected chi connectivity index (χ2v) is 8.09. The molecule has 0 aliphatic heterocycles. The van der Waals surface area contributed by atoms with Crippen LogP contribution in [0.4, 0.5) is 0 Å². The van der Waals surface area contributed by atoms with E-state index in [4.69, 9.17) is 19.3 Å². The van der Waals surface area contributed by atoms with E-state index in [1.165, 1.54) is 0 Å². The van der Waals surface area contributed by atoms with Crippen molar-refractivity contribution in [2.24, 2.45) is 0 Å². The Morgan fingerprint density at radius 2 is 1.47 bits per heavy atom. The number of rotatable bonds is 12. The SMILES string of the molecule is O=C(O)CCC(Oc1cccc(COc2cccc(COc3ccc4ccccc4n3)c2)c1)C(=O)O. The molecule has 184 valence electrons. The average molecular weight is 488 g/mol. The summed E-state index contributed by atoms with van der Waals surface area (Å²) in [6.07, 6.45) is -1.67. The Hall–Kier alpha value is -4.59. The summed E-state index contributed by atoms with van der Waals surface area (Å²) >= 11 is 0. The Balaban J connectivity index is 1.33. The molecule has 1 heterocycles. The van der Waals surface area contributed by atoms with Gasteiger partial charge in [-0.1, -0.05) is 42.5 Å². The van der Waals surface area contributed by atoms with Gasteiger partial charge in [0.2, 0.25) is 5.88 Å². The van der Waals surface area contributed by atoms with E-state index in [1.54, 1.807) is 18.2 Å². The number of pyridine rings is 1. The molecule has 1 atom stereocenters. The molecule has 0 radical (unpaired) electrons. The maximum absolute atomic E-state index is 11.4. The van der Waals surface area contributed by atoms with E-state index in [0.717, 1.165) is 22.0 Å². The van der Waals surface area contributed by atoms with Crippen molar-refractivity contribution in [3.05, 3.63) is 96.1 Å². The third-order valence-corrected chi connectivity index (χ3v) is 5.34. The van der Waals surface area contributed by atoms with Crippen LogP contribution in [-0.4, -0.2) is 33.2 Å². The fourth-order valence-corrected chi connectivity index (χ4v) is 3.54. The number of aromatic nitrogens is 1. The van der Waals surface area contributed by atoms with Crippen molar-refractivity contribution < 1.29 is 34.0 Å². The zero-order chi connectivity index (χ0) is 25.3. The van der Waals surface area contributed by atoms with Crippen LogP contribution in [-0.2, 0) is 22.8 Å². The number of nitrogens with zero attached hydrogens (tertiary/aromatic N) is 1. The van der Waals surface area contributed by atoms with Gasteiger partial charge in [-0.25, -0.2) is 9.78 Å². The molecule has 0 saturated heterocycles. The highest BCUT2D eigenvalue weighted by Gasteiger charge is 2.20. The van der Waals surface area contributed by atoms with Crippen LogP contribution in [0, 0.1) is 0 Å². The Morgan fingerprint density at radius 1 is 0.778 bits per heavy atom. The number of hydrogen-bond acceptors (Lipinski definition) is 6. The molecule has 1 aromatic heterocycles. The van der Waals surface area contributed by atoms with Crippen molar-refractivity contribution in [3.8, 4) is 17.4 Å². The van der Waals surface area contributed by atoms with E-state index in [1.807, 2.05) is 66.7 Å². The molecule has 2 N–H and O–H groups in total. The Morgan fingerprint density at radius 3 is 2.22 bits per heavy atom.